The minimum Gasteiger partial charge on any atom is -0.438 e. The Labute approximate surface area is 93.3 Å². The number of hydrogen-bond acceptors (Lipinski definition) is 3. The number of carbonyl (C=O) groups is 1. The molecule has 1 rings (SSSR count). The van der Waals surface area contributed by atoms with E-state index < -0.39 is 6.16 Å². The average molecular weight is 227 g/mol. The van der Waals surface area contributed by atoms with Crippen LogP contribution in [-0.4, -0.2) is 19.9 Å². The van der Waals surface area contributed by atoms with E-state index in [0.29, 0.717) is 5.02 Å². The fourth-order valence-corrected chi connectivity index (χ4v) is 1.06. The lowest BCUT2D eigenvalue weighted by Crippen LogP contribution is -2.03. The molecule has 4 heteroatoms. The first-order valence-electron chi connectivity index (χ1n) is 4.35. The summed E-state index contributed by atoms with van der Waals surface area (Å²) in [6.45, 7) is 0.190. The molecule has 0 aliphatic carbocycles. The quantitative estimate of drug-likeness (QED) is 0.743. The minimum atomic E-state index is -0.684. The lowest BCUT2D eigenvalue weighted by atomic mass is 10.2. The standard InChI is InChI=1S/C11H11ClO3/c1-14-11(13)15-8-2-3-9-4-6-10(12)7-5-9/h2-7H,8H2,1H3/b3-2+. The molecule has 1 aromatic carbocycles. The van der Waals surface area contributed by atoms with Gasteiger partial charge in [-0.05, 0) is 23.8 Å². The third-order valence-electron chi connectivity index (χ3n) is 1.64. The van der Waals surface area contributed by atoms with Gasteiger partial charge in [0.25, 0.3) is 0 Å². The Morgan fingerprint density at radius 1 is 1.40 bits per heavy atom. The van der Waals surface area contributed by atoms with E-state index in [9.17, 15) is 4.79 Å². The van der Waals surface area contributed by atoms with E-state index in [0.717, 1.165) is 5.56 Å². The van der Waals surface area contributed by atoms with Crippen LogP contribution in [-0.2, 0) is 9.47 Å². The Morgan fingerprint density at radius 3 is 2.67 bits per heavy atom. The summed E-state index contributed by atoms with van der Waals surface area (Å²) in [5.74, 6) is 0. The number of ether oxygens (including phenoxy) is 2. The summed E-state index contributed by atoms with van der Waals surface area (Å²) in [6.07, 6.45) is 2.87. The Hall–Kier alpha value is -1.48. The maximum Gasteiger partial charge on any atom is 0.508 e. The van der Waals surface area contributed by atoms with E-state index in [-0.39, 0.29) is 6.61 Å². The summed E-state index contributed by atoms with van der Waals surface area (Å²) >= 11 is 5.72. The zero-order valence-electron chi connectivity index (χ0n) is 8.27. The summed E-state index contributed by atoms with van der Waals surface area (Å²) in [5.41, 5.74) is 0.993. The maximum absolute atomic E-state index is 10.6. The molecular formula is C11H11ClO3. The topological polar surface area (TPSA) is 35.5 Å². The largest absolute Gasteiger partial charge is 0.508 e. The molecule has 0 saturated carbocycles. The monoisotopic (exact) mass is 226 g/mol. The van der Waals surface area contributed by atoms with E-state index in [1.807, 2.05) is 18.2 Å². The van der Waals surface area contributed by atoms with Gasteiger partial charge < -0.3 is 9.47 Å². The minimum absolute atomic E-state index is 0.190. The van der Waals surface area contributed by atoms with Gasteiger partial charge in [0.2, 0.25) is 0 Å². The molecule has 0 aliphatic heterocycles. The summed E-state index contributed by atoms with van der Waals surface area (Å²) in [7, 11) is 1.27. The van der Waals surface area contributed by atoms with Crippen molar-refractivity contribution in [1.82, 2.24) is 0 Å². The lowest BCUT2D eigenvalue weighted by molar-refractivity contribution is 0.0819. The van der Waals surface area contributed by atoms with Gasteiger partial charge in [-0.25, -0.2) is 4.79 Å². The molecule has 0 bridgehead atoms. The van der Waals surface area contributed by atoms with Gasteiger partial charge in [0.15, 0.2) is 0 Å². The van der Waals surface area contributed by atoms with Gasteiger partial charge >= 0.3 is 6.16 Å². The van der Waals surface area contributed by atoms with E-state index in [4.69, 9.17) is 11.6 Å². The van der Waals surface area contributed by atoms with Gasteiger partial charge in [-0.15, -0.1) is 0 Å². The molecule has 0 heterocycles. The van der Waals surface area contributed by atoms with Gasteiger partial charge in [-0.1, -0.05) is 29.8 Å². The molecule has 80 valence electrons. The molecule has 0 aromatic heterocycles. The van der Waals surface area contributed by atoms with Gasteiger partial charge in [0, 0.05) is 5.02 Å². The second kappa shape index (κ2) is 6.09. The summed E-state index contributed by atoms with van der Waals surface area (Å²) in [6, 6.07) is 7.33. The van der Waals surface area contributed by atoms with Crippen LogP contribution >= 0.6 is 11.6 Å². The lowest BCUT2D eigenvalue weighted by Gasteiger charge is -1.98. The first-order chi connectivity index (χ1) is 7.22. The second-order valence-corrected chi connectivity index (χ2v) is 3.16. The molecule has 1 aromatic rings. The van der Waals surface area contributed by atoms with Crippen LogP contribution in [0.3, 0.4) is 0 Å². The highest BCUT2D eigenvalue weighted by atomic mass is 35.5. The molecule has 0 radical (unpaired) electrons. The highest BCUT2D eigenvalue weighted by Gasteiger charge is 1.95. The average Bonchev–Trinajstić information content (AvgIpc) is 2.26. The molecule has 0 amide bonds. The normalized spacial score (nSPS) is 10.3. The van der Waals surface area contributed by atoms with Crippen LogP contribution in [0.2, 0.25) is 5.02 Å². The van der Waals surface area contributed by atoms with Crippen LogP contribution in [0, 0.1) is 0 Å². The molecule has 0 fully saturated rings. The highest BCUT2D eigenvalue weighted by molar-refractivity contribution is 6.30. The summed E-state index contributed by atoms with van der Waals surface area (Å²) in [5, 5.41) is 0.693. The number of halogens is 1. The van der Waals surface area contributed by atoms with Crippen LogP contribution in [0.15, 0.2) is 30.3 Å². The Balaban J connectivity index is 2.38. The fourth-order valence-electron chi connectivity index (χ4n) is 0.933. The number of benzene rings is 1. The fraction of sp³-hybridized carbons (Fsp3) is 0.182. The SMILES string of the molecule is COC(=O)OC/C=C/c1ccc(Cl)cc1. The Bertz CT molecular complexity index is 343. The van der Waals surface area contributed by atoms with Crippen LogP contribution < -0.4 is 0 Å². The Kier molecular flexibility index (Phi) is 4.71. The van der Waals surface area contributed by atoms with Crippen molar-refractivity contribution in [3.05, 3.63) is 40.9 Å². The number of carbonyl (C=O) groups excluding carboxylic acids is 1. The van der Waals surface area contributed by atoms with Gasteiger partial charge in [-0.2, -0.15) is 0 Å². The van der Waals surface area contributed by atoms with Crippen LogP contribution in [0.5, 0.6) is 0 Å². The Morgan fingerprint density at radius 2 is 2.07 bits per heavy atom. The molecule has 0 spiro atoms. The molecule has 0 saturated heterocycles. The molecule has 0 aliphatic rings. The number of hydrogen-bond donors (Lipinski definition) is 0. The smallest absolute Gasteiger partial charge is 0.438 e. The van der Waals surface area contributed by atoms with Gasteiger partial charge in [0.05, 0.1) is 7.11 Å². The number of rotatable bonds is 3. The van der Waals surface area contributed by atoms with Crippen molar-refractivity contribution >= 4 is 23.8 Å². The van der Waals surface area contributed by atoms with Crippen molar-refractivity contribution in [2.24, 2.45) is 0 Å². The molecular weight excluding hydrogens is 216 g/mol. The summed E-state index contributed by atoms with van der Waals surface area (Å²) in [4.78, 5) is 10.6. The predicted molar refractivity (Wildman–Crippen MR) is 58.8 cm³/mol. The van der Waals surface area contributed by atoms with Crippen molar-refractivity contribution in [3.63, 3.8) is 0 Å². The van der Waals surface area contributed by atoms with Crippen molar-refractivity contribution in [3.8, 4) is 0 Å². The molecule has 3 nitrogen and oxygen atoms in total. The summed E-state index contributed by atoms with van der Waals surface area (Å²) < 4.78 is 8.97. The van der Waals surface area contributed by atoms with E-state index in [2.05, 4.69) is 9.47 Å². The van der Waals surface area contributed by atoms with Crippen molar-refractivity contribution in [1.29, 1.82) is 0 Å². The second-order valence-electron chi connectivity index (χ2n) is 2.72. The maximum atomic E-state index is 10.6. The van der Waals surface area contributed by atoms with E-state index >= 15 is 0 Å². The van der Waals surface area contributed by atoms with Crippen LogP contribution in [0.4, 0.5) is 4.79 Å². The van der Waals surface area contributed by atoms with E-state index in [1.165, 1.54) is 7.11 Å². The third kappa shape index (κ3) is 4.51. The predicted octanol–water partition coefficient (Wildman–Crippen LogP) is 3.14. The van der Waals surface area contributed by atoms with Crippen molar-refractivity contribution in [2.75, 3.05) is 13.7 Å². The zero-order chi connectivity index (χ0) is 11.1. The van der Waals surface area contributed by atoms with Crippen LogP contribution in [0.1, 0.15) is 5.56 Å². The highest BCUT2D eigenvalue weighted by Crippen LogP contribution is 2.10. The molecule has 0 atom stereocenters. The first-order valence-corrected chi connectivity index (χ1v) is 4.73. The number of methoxy groups -OCH3 is 1. The third-order valence-corrected chi connectivity index (χ3v) is 1.90. The van der Waals surface area contributed by atoms with Crippen molar-refractivity contribution in [2.45, 2.75) is 0 Å². The molecule has 0 unspecified atom stereocenters. The first kappa shape index (κ1) is 11.6. The van der Waals surface area contributed by atoms with Crippen molar-refractivity contribution < 1.29 is 14.3 Å². The zero-order valence-corrected chi connectivity index (χ0v) is 9.03. The van der Waals surface area contributed by atoms with Gasteiger partial charge in [-0.3, -0.25) is 0 Å². The molecule has 15 heavy (non-hydrogen) atoms. The van der Waals surface area contributed by atoms with Gasteiger partial charge in [0.1, 0.15) is 6.61 Å². The molecule has 0 N–H and O–H groups in total. The van der Waals surface area contributed by atoms with Crippen LogP contribution in [0.25, 0.3) is 6.08 Å². The van der Waals surface area contributed by atoms with E-state index in [1.54, 1.807) is 18.2 Å².